The Morgan fingerprint density at radius 3 is 2.92 bits per heavy atom. The fourth-order valence-corrected chi connectivity index (χ4v) is 2.27. The summed E-state index contributed by atoms with van der Waals surface area (Å²) in [6.45, 7) is 7.85. The van der Waals surface area contributed by atoms with Crippen molar-refractivity contribution < 1.29 is 0 Å². The average Bonchev–Trinajstić information content (AvgIpc) is 2.00. The minimum atomic E-state index is 0.432. The predicted molar refractivity (Wildman–Crippen MR) is 58.1 cm³/mol. The first-order chi connectivity index (χ1) is 5.64. The smallest absolute Gasteiger partial charge is 0.0673 e. The van der Waals surface area contributed by atoms with Gasteiger partial charge in [0, 0.05) is 6.54 Å². The lowest BCUT2D eigenvalue weighted by Gasteiger charge is -2.24. The van der Waals surface area contributed by atoms with Crippen molar-refractivity contribution in [2.75, 3.05) is 12.3 Å². The van der Waals surface area contributed by atoms with Crippen LogP contribution >= 0.6 is 11.8 Å². The Labute approximate surface area is 80.0 Å². The zero-order chi connectivity index (χ0) is 9.03. The summed E-state index contributed by atoms with van der Waals surface area (Å²) < 4.78 is 0. The molecule has 1 heterocycles. The molecule has 2 heteroatoms. The molecule has 70 valence electrons. The molecule has 0 fully saturated rings. The van der Waals surface area contributed by atoms with Crippen LogP contribution in [-0.2, 0) is 0 Å². The molecule has 12 heavy (non-hydrogen) atoms. The second-order valence-corrected chi connectivity index (χ2v) is 5.35. The highest BCUT2D eigenvalue weighted by atomic mass is 32.2. The Kier molecular flexibility index (Phi) is 3.63. The van der Waals surface area contributed by atoms with Gasteiger partial charge in [-0.1, -0.05) is 20.8 Å². The van der Waals surface area contributed by atoms with E-state index in [2.05, 4.69) is 25.8 Å². The quantitative estimate of drug-likeness (QED) is 0.610. The van der Waals surface area contributed by atoms with Gasteiger partial charge >= 0.3 is 0 Å². The minimum Gasteiger partial charge on any atom is -0.282 e. The average molecular weight is 185 g/mol. The van der Waals surface area contributed by atoms with Crippen molar-refractivity contribution in [3.63, 3.8) is 0 Å². The van der Waals surface area contributed by atoms with Gasteiger partial charge in [-0.3, -0.25) is 4.99 Å². The molecule has 0 aliphatic carbocycles. The lowest BCUT2D eigenvalue weighted by molar-refractivity contribution is 0.345. The molecule has 0 unspecified atom stereocenters. The van der Waals surface area contributed by atoms with Crippen LogP contribution in [-0.4, -0.2) is 17.3 Å². The molecule has 0 bridgehead atoms. The first kappa shape index (κ1) is 10.1. The highest BCUT2D eigenvalue weighted by Crippen LogP contribution is 2.27. The van der Waals surface area contributed by atoms with Gasteiger partial charge in [0.2, 0.25) is 0 Å². The summed E-state index contributed by atoms with van der Waals surface area (Å²) in [6, 6.07) is 0. The lowest BCUT2D eigenvalue weighted by atomic mass is 9.88. The SMILES string of the molecule is CCC1=NCC(C)(C)CCCS1. The van der Waals surface area contributed by atoms with Crippen molar-refractivity contribution in [3.8, 4) is 0 Å². The molecule has 0 amide bonds. The topological polar surface area (TPSA) is 12.4 Å². The van der Waals surface area contributed by atoms with Crippen LogP contribution in [0.5, 0.6) is 0 Å². The second kappa shape index (κ2) is 4.31. The Balaban J connectivity index is 2.58. The molecule has 1 aliphatic rings. The van der Waals surface area contributed by atoms with Gasteiger partial charge in [0.1, 0.15) is 0 Å². The molecule has 0 radical (unpaired) electrons. The van der Waals surface area contributed by atoms with E-state index in [0.717, 1.165) is 13.0 Å². The summed E-state index contributed by atoms with van der Waals surface area (Å²) in [6.07, 6.45) is 3.78. The summed E-state index contributed by atoms with van der Waals surface area (Å²) in [5.41, 5.74) is 0.432. The van der Waals surface area contributed by atoms with Crippen LogP contribution in [0.15, 0.2) is 4.99 Å². The summed E-state index contributed by atoms with van der Waals surface area (Å²) in [5, 5.41) is 1.35. The number of aliphatic imine (C=N–C) groups is 1. The maximum Gasteiger partial charge on any atom is 0.0673 e. The Morgan fingerprint density at radius 1 is 1.50 bits per heavy atom. The van der Waals surface area contributed by atoms with Gasteiger partial charge in [-0.2, -0.15) is 0 Å². The van der Waals surface area contributed by atoms with Crippen molar-refractivity contribution in [2.45, 2.75) is 40.0 Å². The monoisotopic (exact) mass is 185 g/mol. The molecular weight excluding hydrogens is 166 g/mol. The fourth-order valence-electron chi connectivity index (χ4n) is 1.38. The van der Waals surface area contributed by atoms with Gasteiger partial charge in [-0.15, -0.1) is 11.8 Å². The van der Waals surface area contributed by atoms with Crippen LogP contribution in [0.25, 0.3) is 0 Å². The number of hydrogen-bond acceptors (Lipinski definition) is 2. The van der Waals surface area contributed by atoms with E-state index in [1.807, 2.05) is 11.8 Å². The van der Waals surface area contributed by atoms with Crippen molar-refractivity contribution in [1.82, 2.24) is 0 Å². The van der Waals surface area contributed by atoms with Crippen LogP contribution in [0.4, 0.5) is 0 Å². The van der Waals surface area contributed by atoms with Gasteiger partial charge in [0.25, 0.3) is 0 Å². The van der Waals surface area contributed by atoms with E-state index in [0.29, 0.717) is 5.41 Å². The summed E-state index contributed by atoms with van der Waals surface area (Å²) in [5.74, 6) is 1.26. The molecule has 0 aromatic carbocycles. The number of thioether (sulfide) groups is 1. The third-order valence-electron chi connectivity index (χ3n) is 2.25. The van der Waals surface area contributed by atoms with Crippen LogP contribution in [0.1, 0.15) is 40.0 Å². The molecule has 0 atom stereocenters. The third-order valence-corrected chi connectivity index (χ3v) is 3.50. The summed E-state index contributed by atoms with van der Waals surface area (Å²) in [4.78, 5) is 4.63. The van der Waals surface area contributed by atoms with Gasteiger partial charge in [-0.05, 0) is 30.4 Å². The highest BCUT2D eigenvalue weighted by Gasteiger charge is 2.18. The molecule has 0 saturated heterocycles. The van der Waals surface area contributed by atoms with E-state index in [1.165, 1.54) is 23.6 Å². The van der Waals surface area contributed by atoms with Gasteiger partial charge in [0.05, 0.1) is 5.04 Å². The van der Waals surface area contributed by atoms with E-state index < -0.39 is 0 Å². The third kappa shape index (κ3) is 3.18. The van der Waals surface area contributed by atoms with E-state index in [4.69, 9.17) is 0 Å². The van der Waals surface area contributed by atoms with E-state index in [9.17, 15) is 0 Å². The summed E-state index contributed by atoms with van der Waals surface area (Å²) >= 11 is 1.95. The molecule has 0 aromatic heterocycles. The zero-order valence-electron chi connectivity index (χ0n) is 8.39. The fraction of sp³-hybridized carbons (Fsp3) is 0.900. The lowest BCUT2D eigenvalue weighted by Crippen LogP contribution is -2.18. The van der Waals surface area contributed by atoms with E-state index in [1.54, 1.807) is 0 Å². The van der Waals surface area contributed by atoms with Gasteiger partial charge in [0.15, 0.2) is 0 Å². The Morgan fingerprint density at radius 2 is 2.25 bits per heavy atom. The zero-order valence-corrected chi connectivity index (χ0v) is 9.21. The normalized spacial score (nSPS) is 24.1. The minimum absolute atomic E-state index is 0.432. The number of nitrogens with zero attached hydrogens (tertiary/aromatic N) is 1. The first-order valence-corrected chi connectivity index (χ1v) is 5.79. The maximum atomic E-state index is 4.63. The van der Waals surface area contributed by atoms with Crippen LogP contribution in [0, 0.1) is 5.41 Å². The predicted octanol–water partition coefficient (Wildman–Crippen LogP) is 3.35. The molecule has 0 saturated carbocycles. The molecule has 0 aromatic rings. The van der Waals surface area contributed by atoms with Crippen molar-refractivity contribution in [2.24, 2.45) is 10.4 Å². The maximum absolute atomic E-state index is 4.63. The molecular formula is C10H19NS. The number of hydrogen-bond donors (Lipinski definition) is 0. The standard InChI is InChI=1S/C10H19NS/c1-4-9-11-8-10(2,3)6-5-7-12-9/h4-8H2,1-3H3. The molecule has 1 aliphatic heterocycles. The summed E-state index contributed by atoms with van der Waals surface area (Å²) in [7, 11) is 0. The molecule has 1 nitrogen and oxygen atoms in total. The largest absolute Gasteiger partial charge is 0.282 e. The van der Waals surface area contributed by atoms with Crippen molar-refractivity contribution in [3.05, 3.63) is 0 Å². The number of rotatable bonds is 1. The van der Waals surface area contributed by atoms with Crippen LogP contribution in [0.2, 0.25) is 0 Å². The van der Waals surface area contributed by atoms with Crippen molar-refractivity contribution in [1.29, 1.82) is 0 Å². The van der Waals surface area contributed by atoms with E-state index in [-0.39, 0.29) is 0 Å². The van der Waals surface area contributed by atoms with Crippen LogP contribution in [0.3, 0.4) is 0 Å². The Hall–Kier alpha value is 0.0200. The second-order valence-electron chi connectivity index (χ2n) is 4.18. The first-order valence-electron chi connectivity index (χ1n) is 4.80. The van der Waals surface area contributed by atoms with E-state index >= 15 is 0 Å². The van der Waals surface area contributed by atoms with Gasteiger partial charge < -0.3 is 0 Å². The van der Waals surface area contributed by atoms with Crippen LogP contribution < -0.4 is 0 Å². The Bertz CT molecular complexity index is 173. The molecule has 0 spiro atoms. The molecule has 0 N–H and O–H groups in total. The molecule has 1 rings (SSSR count). The highest BCUT2D eigenvalue weighted by molar-refractivity contribution is 8.13. The van der Waals surface area contributed by atoms with Crippen molar-refractivity contribution >= 4 is 16.8 Å². The van der Waals surface area contributed by atoms with Gasteiger partial charge in [-0.25, -0.2) is 0 Å².